The molecule has 18 heavy (non-hydrogen) atoms. The second-order valence-corrected chi connectivity index (χ2v) is 4.14. The molecule has 0 bridgehead atoms. The minimum Gasteiger partial charge on any atom is -0.330 e. The number of hydrogen-bond donors (Lipinski definition) is 1. The maximum Gasteiger partial charge on any atom is 0.0251 e. The Morgan fingerprint density at radius 3 is 2.44 bits per heavy atom. The summed E-state index contributed by atoms with van der Waals surface area (Å²) in [4.78, 5) is 0. The lowest BCUT2D eigenvalue weighted by Crippen LogP contribution is -1.96. The Hall–Kier alpha value is -2.04. The van der Waals surface area contributed by atoms with Gasteiger partial charge in [-0.3, -0.25) is 0 Å². The minimum atomic E-state index is 0.707. The highest BCUT2D eigenvalue weighted by Gasteiger charge is 1.96. The Morgan fingerprint density at radius 1 is 0.889 bits per heavy atom. The molecule has 2 aromatic rings. The van der Waals surface area contributed by atoms with Crippen molar-refractivity contribution < 1.29 is 0 Å². The van der Waals surface area contributed by atoms with E-state index in [1.807, 2.05) is 12.1 Å². The molecular weight excluding hydrogens is 218 g/mol. The van der Waals surface area contributed by atoms with Gasteiger partial charge in [0.25, 0.3) is 0 Å². The molecule has 2 N–H and O–H groups in total. The normalized spacial score (nSPS) is 9.61. The standard InChI is InChI=1S/C17H17N/c18-13-6-2-3-8-15-9-7-12-17(14-15)16-10-4-1-5-11-16/h1,4-5,7,9-12,14H,2,6,13,18H2. The average molecular weight is 235 g/mol. The van der Waals surface area contributed by atoms with Gasteiger partial charge in [0.1, 0.15) is 0 Å². The largest absolute Gasteiger partial charge is 0.330 e. The number of benzene rings is 2. The number of nitrogens with two attached hydrogens (primary N) is 1. The van der Waals surface area contributed by atoms with Crippen molar-refractivity contribution in [2.45, 2.75) is 12.8 Å². The van der Waals surface area contributed by atoms with E-state index < -0.39 is 0 Å². The first kappa shape index (κ1) is 12.4. The average Bonchev–Trinajstić information content (AvgIpc) is 2.45. The van der Waals surface area contributed by atoms with Crippen LogP contribution >= 0.6 is 0 Å². The molecule has 0 radical (unpaired) electrons. The zero-order valence-electron chi connectivity index (χ0n) is 10.4. The van der Waals surface area contributed by atoms with Gasteiger partial charge in [-0.2, -0.15) is 0 Å². The first-order chi connectivity index (χ1) is 8.90. The third kappa shape index (κ3) is 3.48. The summed E-state index contributed by atoms with van der Waals surface area (Å²) in [6.07, 6.45) is 1.83. The molecule has 0 aromatic heterocycles. The summed E-state index contributed by atoms with van der Waals surface area (Å²) in [5.74, 6) is 6.34. The molecule has 0 unspecified atom stereocenters. The highest BCUT2D eigenvalue weighted by atomic mass is 14.5. The van der Waals surface area contributed by atoms with Crippen LogP contribution in [0.2, 0.25) is 0 Å². The van der Waals surface area contributed by atoms with Crippen molar-refractivity contribution in [3.63, 3.8) is 0 Å². The molecule has 0 aliphatic heterocycles. The zero-order valence-corrected chi connectivity index (χ0v) is 10.4. The lowest BCUT2D eigenvalue weighted by atomic mass is 10.0. The van der Waals surface area contributed by atoms with Crippen LogP contribution in [0.1, 0.15) is 18.4 Å². The molecule has 0 spiro atoms. The number of rotatable bonds is 3. The Morgan fingerprint density at radius 2 is 1.67 bits per heavy atom. The predicted molar refractivity (Wildman–Crippen MR) is 77.0 cm³/mol. The second kappa shape index (κ2) is 6.64. The first-order valence-corrected chi connectivity index (χ1v) is 6.24. The maximum absolute atomic E-state index is 5.44. The molecule has 0 atom stereocenters. The van der Waals surface area contributed by atoms with E-state index in [0.717, 1.165) is 18.4 Å². The van der Waals surface area contributed by atoms with Crippen LogP contribution in [-0.4, -0.2) is 6.54 Å². The van der Waals surface area contributed by atoms with E-state index in [9.17, 15) is 0 Å². The molecule has 1 nitrogen and oxygen atoms in total. The first-order valence-electron chi connectivity index (χ1n) is 6.24. The fraction of sp³-hybridized carbons (Fsp3) is 0.176. The summed E-state index contributed by atoms with van der Waals surface area (Å²) in [7, 11) is 0. The van der Waals surface area contributed by atoms with Crippen LogP contribution in [0.25, 0.3) is 11.1 Å². The third-order valence-corrected chi connectivity index (χ3v) is 2.71. The summed E-state index contributed by atoms with van der Waals surface area (Å²) in [5, 5.41) is 0. The van der Waals surface area contributed by atoms with Gasteiger partial charge in [0.2, 0.25) is 0 Å². The van der Waals surface area contributed by atoms with Gasteiger partial charge in [0, 0.05) is 12.0 Å². The quantitative estimate of drug-likeness (QED) is 0.640. The van der Waals surface area contributed by atoms with Gasteiger partial charge >= 0.3 is 0 Å². The van der Waals surface area contributed by atoms with Crippen LogP contribution in [0.15, 0.2) is 54.6 Å². The summed E-state index contributed by atoms with van der Waals surface area (Å²) in [5.41, 5.74) is 8.94. The Balaban J connectivity index is 2.17. The van der Waals surface area contributed by atoms with Gasteiger partial charge in [-0.25, -0.2) is 0 Å². The van der Waals surface area contributed by atoms with E-state index in [0.29, 0.717) is 6.54 Å². The van der Waals surface area contributed by atoms with Gasteiger partial charge in [0.05, 0.1) is 0 Å². The summed E-state index contributed by atoms with van der Waals surface area (Å²) in [6.45, 7) is 0.707. The molecule has 0 saturated carbocycles. The zero-order chi connectivity index (χ0) is 12.6. The van der Waals surface area contributed by atoms with Crippen LogP contribution in [-0.2, 0) is 0 Å². The van der Waals surface area contributed by atoms with Gasteiger partial charge in [-0.1, -0.05) is 54.3 Å². The summed E-state index contributed by atoms with van der Waals surface area (Å²) >= 11 is 0. The van der Waals surface area contributed by atoms with Crippen molar-refractivity contribution in [3.05, 3.63) is 60.2 Å². The Labute approximate surface area is 109 Å². The molecule has 0 fully saturated rings. The minimum absolute atomic E-state index is 0.707. The lowest BCUT2D eigenvalue weighted by Gasteiger charge is -2.01. The van der Waals surface area contributed by atoms with E-state index in [1.54, 1.807) is 0 Å². The van der Waals surface area contributed by atoms with Gasteiger partial charge in [-0.15, -0.1) is 0 Å². The number of unbranched alkanes of at least 4 members (excludes halogenated alkanes) is 1. The van der Waals surface area contributed by atoms with Crippen molar-refractivity contribution in [2.24, 2.45) is 5.73 Å². The van der Waals surface area contributed by atoms with Crippen LogP contribution in [0.3, 0.4) is 0 Å². The molecule has 1 heteroatoms. The van der Waals surface area contributed by atoms with Gasteiger partial charge in [-0.05, 0) is 36.2 Å². The number of hydrogen-bond acceptors (Lipinski definition) is 1. The summed E-state index contributed by atoms with van der Waals surface area (Å²) in [6, 6.07) is 18.7. The Kier molecular flexibility index (Phi) is 4.58. The molecule has 90 valence electrons. The van der Waals surface area contributed by atoms with E-state index in [1.165, 1.54) is 11.1 Å². The highest BCUT2D eigenvalue weighted by molar-refractivity contribution is 5.65. The molecule has 0 saturated heterocycles. The van der Waals surface area contributed by atoms with E-state index in [2.05, 4.69) is 54.3 Å². The molecule has 0 aliphatic carbocycles. The van der Waals surface area contributed by atoms with Gasteiger partial charge < -0.3 is 5.73 Å². The molecule has 0 amide bonds. The summed E-state index contributed by atoms with van der Waals surface area (Å²) < 4.78 is 0. The maximum atomic E-state index is 5.44. The van der Waals surface area contributed by atoms with E-state index in [-0.39, 0.29) is 0 Å². The molecule has 0 heterocycles. The van der Waals surface area contributed by atoms with Crippen molar-refractivity contribution in [1.82, 2.24) is 0 Å². The fourth-order valence-corrected chi connectivity index (χ4v) is 1.76. The lowest BCUT2D eigenvalue weighted by molar-refractivity contribution is 0.870. The smallest absolute Gasteiger partial charge is 0.0251 e. The van der Waals surface area contributed by atoms with Gasteiger partial charge in [0.15, 0.2) is 0 Å². The van der Waals surface area contributed by atoms with Crippen molar-refractivity contribution in [2.75, 3.05) is 6.54 Å². The van der Waals surface area contributed by atoms with Crippen molar-refractivity contribution in [1.29, 1.82) is 0 Å². The highest BCUT2D eigenvalue weighted by Crippen LogP contribution is 2.19. The Bertz CT molecular complexity index is 547. The van der Waals surface area contributed by atoms with Crippen LogP contribution in [0.4, 0.5) is 0 Å². The van der Waals surface area contributed by atoms with Crippen molar-refractivity contribution in [3.8, 4) is 23.0 Å². The fourth-order valence-electron chi connectivity index (χ4n) is 1.76. The van der Waals surface area contributed by atoms with Crippen LogP contribution < -0.4 is 5.73 Å². The van der Waals surface area contributed by atoms with Crippen molar-refractivity contribution >= 4 is 0 Å². The molecule has 0 aliphatic rings. The topological polar surface area (TPSA) is 26.0 Å². The molecular formula is C17H17N. The molecule has 2 aromatic carbocycles. The van der Waals surface area contributed by atoms with Crippen LogP contribution in [0.5, 0.6) is 0 Å². The molecule has 2 rings (SSSR count). The van der Waals surface area contributed by atoms with E-state index >= 15 is 0 Å². The third-order valence-electron chi connectivity index (χ3n) is 2.71. The second-order valence-electron chi connectivity index (χ2n) is 4.14. The van der Waals surface area contributed by atoms with Crippen LogP contribution in [0, 0.1) is 11.8 Å². The van der Waals surface area contributed by atoms with E-state index in [4.69, 9.17) is 5.73 Å². The predicted octanol–water partition coefficient (Wildman–Crippen LogP) is 3.44. The monoisotopic (exact) mass is 235 g/mol. The SMILES string of the molecule is NCCCC#Cc1cccc(-c2ccccc2)c1.